The van der Waals surface area contributed by atoms with Gasteiger partial charge < -0.3 is 4.40 Å². The number of benzene rings is 3. The van der Waals surface area contributed by atoms with Crippen molar-refractivity contribution in [3.8, 4) is 22.5 Å². The van der Waals surface area contributed by atoms with Crippen LogP contribution in [0.1, 0.15) is 5.56 Å². The second-order valence-corrected chi connectivity index (χ2v) is 8.65. The molecule has 0 spiro atoms. The molecule has 0 bridgehead atoms. The third kappa shape index (κ3) is 2.72. The van der Waals surface area contributed by atoms with Crippen LogP contribution in [0.15, 0.2) is 88.5 Å². The lowest BCUT2D eigenvalue weighted by molar-refractivity contribution is 0.716. The minimum Gasteiger partial charge on any atom is -0.303 e. The van der Waals surface area contributed by atoms with E-state index in [2.05, 4.69) is 10.5 Å². The van der Waals surface area contributed by atoms with E-state index >= 15 is 0 Å². The van der Waals surface area contributed by atoms with Crippen molar-refractivity contribution in [1.82, 2.24) is 18.5 Å². The number of hydrogen-bond donors (Lipinski definition) is 0. The average molecular weight is 447 g/mol. The van der Waals surface area contributed by atoms with E-state index in [1.54, 1.807) is 11.6 Å². The van der Waals surface area contributed by atoms with Crippen LogP contribution in [0.2, 0.25) is 0 Å². The summed E-state index contributed by atoms with van der Waals surface area (Å²) in [7, 11) is 3.25. The second kappa shape index (κ2) is 7.28. The zero-order chi connectivity index (χ0) is 23.6. The molecule has 166 valence electrons. The van der Waals surface area contributed by atoms with E-state index in [1.807, 2.05) is 79.7 Å². The fraction of sp³-hybridized carbons (Fsp3) is 0.107. The van der Waals surface area contributed by atoms with E-state index in [0.717, 1.165) is 44.6 Å². The van der Waals surface area contributed by atoms with Gasteiger partial charge in [0, 0.05) is 19.7 Å². The van der Waals surface area contributed by atoms with Crippen molar-refractivity contribution in [2.24, 2.45) is 14.1 Å². The van der Waals surface area contributed by atoms with Gasteiger partial charge in [0.05, 0.1) is 38.8 Å². The van der Waals surface area contributed by atoms with Crippen LogP contribution >= 0.6 is 0 Å². The molecule has 0 amide bonds. The molecule has 3 aromatic carbocycles. The van der Waals surface area contributed by atoms with Gasteiger partial charge in [0.2, 0.25) is 0 Å². The summed E-state index contributed by atoms with van der Waals surface area (Å²) >= 11 is 0. The van der Waals surface area contributed by atoms with E-state index in [0.29, 0.717) is 10.9 Å². The van der Waals surface area contributed by atoms with E-state index in [4.69, 9.17) is 4.98 Å². The molecular formula is C28H22N4O2. The van der Waals surface area contributed by atoms with Gasteiger partial charge in [-0.05, 0) is 30.7 Å². The Morgan fingerprint density at radius 2 is 1.44 bits per heavy atom. The molecule has 6 aromatic rings. The van der Waals surface area contributed by atoms with Crippen LogP contribution in [0.4, 0.5) is 0 Å². The Labute approximate surface area is 195 Å². The zero-order valence-electron chi connectivity index (χ0n) is 19.1. The molecule has 3 aromatic heterocycles. The average Bonchev–Trinajstić information content (AvgIpc) is 3.23. The molecule has 0 aliphatic carbocycles. The van der Waals surface area contributed by atoms with Gasteiger partial charge in [-0.3, -0.25) is 13.9 Å². The Morgan fingerprint density at radius 1 is 0.735 bits per heavy atom. The highest BCUT2D eigenvalue weighted by molar-refractivity contribution is 6.11. The van der Waals surface area contributed by atoms with Gasteiger partial charge in [-0.1, -0.05) is 66.2 Å². The smallest absolute Gasteiger partial charge is 0.303 e. The largest absolute Gasteiger partial charge is 0.331 e. The monoisotopic (exact) mass is 446 g/mol. The number of aromatic nitrogens is 4. The Bertz CT molecular complexity index is 1880. The third-order valence-electron chi connectivity index (χ3n) is 6.49. The summed E-state index contributed by atoms with van der Waals surface area (Å²) in [6.45, 7) is 2.03. The van der Waals surface area contributed by atoms with Gasteiger partial charge in [0.1, 0.15) is 0 Å². The first-order valence-electron chi connectivity index (χ1n) is 11.1. The molecule has 6 heteroatoms. The molecule has 34 heavy (non-hydrogen) atoms. The van der Waals surface area contributed by atoms with Crippen molar-refractivity contribution < 1.29 is 0 Å². The second-order valence-electron chi connectivity index (χ2n) is 8.65. The van der Waals surface area contributed by atoms with Gasteiger partial charge in [-0.15, -0.1) is 0 Å². The number of aryl methyl sites for hydroxylation is 2. The lowest BCUT2D eigenvalue weighted by atomic mass is 10.1. The standard InChI is InChI=1S/C28H22N4O2/c1-17-10-9-13-19(16-17)24-22-25(30(2)28(34)31(3)27(22)33)26-23(18-11-5-4-6-12-18)29-20-14-7-8-15-21(20)32(24)26/h4-16H,1-3H3. The van der Waals surface area contributed by atoms with Crippen molar-refractivity contribution in [2.45, 2.75) is 6.92 Å². The van der Waals surface area contributed by atoms with Crippen molar-refractivity contribution >= 4 is 27.5 Å². The highest BCUT2D eigenvalue weighted by Gasteiger charge is 2.25. The first kappa shape index (κ1) is 20.2. The molecule has 3 heterocycles. The van der Waals surface area contributed by atoms with Crippen LogP contribution in [0.3, 0.4) is 0 Å². The molecule has 0 unspecified atom stereocenters. The number of fused-ring (bicyclic) bond motifs is 5. The summed E-state index contributed by atoms with van der Waals surface area (Å²) in [5.74, 6) is 0. The van der Waals surface area contributed by atoms with Crippen LogP contribution in [-0.4, -0.2) is 18.5 Å². The number of hydrogen-bond acceptors (Lipinski definition) is 3. The van der Waals surface area contributed by atoms with Crippen LogP contribution in [0, 0.1) is 6.92 Å². The fourth-order valence-electron chi connectivity index (χ4n) is 4.91. The maximum Gasteiger partial charge on any atom is 0.331 e. The van der Waals surface area contributed by atoms with Crippen LogP contribution in [0.25, 0.3) is 50.0 Å². The lowest BCUT2D eigenvalue weighted by Crippen LogP contribution is -2.36. The van der Waals surface area contributed by atoms with E-state index < -0.39 is 0 Å². The van der Waals surface area contributed by atoms with Gasteiger partial charge in [0.15, 0.2) is 0 Å². The van der Waals surface area contributed by atoms with E-state index in [-0.39, 0.29) is 11.2 Å². The first-order valence-corrected chi connectivity index (χ1v) is 11.1. The topological polar surface area (TPSA) is 61.3 Å². The van der Waals surface area contributed by atoms with Gasteiger partial charge in [0.25, 0.3) is 5.56 Å². The maximum absolute atomic E-state index is 13.6. The Hall–Kier alpha value is -4.45. The predicted molar refractivity (Wildman–Crippen MR) is 136 cm³/mol. The summed E-state index contributed by atoms with van der Waals surface area (Å²) < 4.78 is 4.85. The van der Waals surface area contributed by atoms with E-state index in [1.165, 1.54) is 11.6 Å². The third-order valence-corrected chi connectivity index (χ3v) is 6.49. The normalized spacial score (nSPS) is 11.6. The fourth-order valence-corrected chi connectivity index (χ4v) is 4.91. The Balaban J connectivity index is 2.02. The molecule has 0 N–H and O–H groups in total. The number of para-hydroxylation sites is 2. The van der Waals surface area contributed by atoms with Crippen LogP contribution < -0.4 is 11.2 Å². The van der Waals surface area contributed by atoms with Gasteiger partial charge in [-0.2, -0.15) is 0 Å². The molecule has 0 saturated carbocycles. The summed E-state index contributed by atoms with van der Waals surface area (Å²) in [4.78, 5) is 31.7. The number of rotatable bonds is 2. The molecule has 0 saturated heterocycles. The lowest BCUT2D eigenvalue weighted by Gasteiger charge is -2.12. The summed E-state index contributed by atoms with van der Waals surface area (Å²) in [6.07, 6.45) is 0. The SMILES string of the molecule is Cc1cccc(-c2c3c(=O)n(C)c(=O)n(C)c3c3c(-c4ccccc4)nc4ccccc4n23)c1. The quantitative estimate of drug-likeness (QED) is 0.388. The molecule has 0 fully saturated rings. The summed E-state index contributed by atoms with van der Waals surface area (Å²) in [5, 5.41) is 0.505. The minimum absolute atomic E-state index is 0.318. The molecule has 0 atom stereocenters. The summed E-state index contributed by atoms with van der Waals surface area (Å²) in [6, 6.07) is 25.9. The van der Waals surface area contributed by atoms with Crippen molar-refractivity contribution in [2.75, 3.05) is 0 Å². The van der Waals surface area contributed by atoms with Crippen molar-refractivity contribution in [3.63, 3.8) is 0 Å². The molecule has 0 aliphatic heterocycles. The zero-order valence-corrected chi connectivity index (χ0v) is 19.1. The van der Waals surface area contributed by atoms with Gasteiger partial charge in [-0.25, -0.2) is 9.78 Å². The summed E-state index contributed by atoms with van der Waals surface area (Å²) in [5.41, 5.74) is 6.74. The van der Waals surface area contributed by atoms with Crippen LogP contribution in [0.5, 0.6) is 0 Å². The molecular weight excluding hydrogens is 424 g/mol. The minimum atomic E-state index is -0.368. The predicted octanol–water partition coefficient (Wildman–Crippen LogP) is 4.68. The Kier molecular flexibility index (Phi) is 4.32. The molecule has 6 nitrogen and oxygen atoms in total. The molecule has 0 radical (unpaired) electrons. The highest BCUT2D eigenvalue weighted by atomic mass is 16.2. The van der Waals surface area contributed by atoms with Crippen molar-refractivity contribution in [1.29, 1.82) is 0 Å². The van der Waals surface area contributed by atoms with Gasteiger partial charge >= 0.3 is 5.69 Å². The van der Waals surface area contributed by atoms with Crippen molar-refractivity contribution in [3.05, 3.63) is 105 Å². The maximum atomic E-state index is 13.6. The highest BCUT2D eigenvalue weighted by Crippen LogP contribution is 2.38. The Morgan fingerprint density at radius 3 is 2.21 bits per heavy atom. The first-order chi connectivity index (χ1) is 16.5. The van der Waals surface area contributed by atoms with E-state index in [9.17, 15) is 9.59 Å². The van der Waals surface area contributed by atoms with Crippen LogP contribution in [-0.2, 0) is 14.1 Å². The molecule has 6 rings (SSSR count). The number of nitrogens with zero attached hydrogens (tertiary/aromatic N) is 4. The molecule has 0 aliphatic rings.